The van der Waals surface area contributed by atoms with Crippen molar-refractivity contribution in [1.29, 1.82) is 0 Å². The molecule has 2 unspecified atom stereocenters. The summed E-state index contributed by atoms with van der Waals surface area (Å²) in [7, 11) is 1.36. The molecular formula is C16H18FNO3. The van der Waals surface area contributed by atoms with E-state index in [1.165, 1.54) is 25.3 Å². The molecule has 112 valence electrons. The summed E-state index contributed by atoms with van der Waals surface area (Å²) < 4.78 is 17.5. The van der Waals surface area contributed by atoms with E-state index in [1.807, 2.05) is 6.92 Å². The molecule has 0 spiro atoms. The third-order valence-corrected chi connectivity index (χ3v) is 3.72. The van der Waals surface area contributed by atoms with Crippen LogP contribution in [0.2, 0.25) is 0 Å². The van der Waals surface area contributed by atoms with Gasteiger partial charge in [0.2, 0.25) is 5.91 Å². The molecule has 5 heteroatoms. The van der Waals surface area contributed by atoms with Crippen LogP contribution in [0.3, 0.4) is 0 Å². The Hall–Kier alpha value is -2.17. The lowest BCUT2D eigenvalue weighted by Crippen LogP contribution is -2.28. The van der Waals surface area contributed by atoms with Gasteiger partial charge in [-0.1, -0.05) is 19.1 Å². The first kappa shape index (κ1) is 15.2. The minimum absolute atomic E-state index is 0.0839. The molecule has 0 N–H and O–H groups in total. The maximum atomic E-state index is 12.8. The van der Waals surface area contributed by atoms with Gasteiger partial charge in [-0.05, 0) is 29.7 Å². The van der Waals surface area contributed by atoms with Gasteiger partial charge in [0, 0.05) is 19.2 Å². The summed E-state index contributed by atoms with van der Waals surface area (Å²) >= 11 is 0. The van der Waals surface area contributed by atoms with Crippen molar-refractivity contribution in [1.82, 2.24) is 4.90 Å². The van der Waals surface area contributed by atoms with Crippen molar-refractivity contribution < 1.29 is 18.7 Å². The van der Waals surface area contributed by atoms with Crippen molar-refractivity contribution in [3.05, 3.63) is 41.7 Å². The summed E-state index contributed by atoms with van der Waals surface area (Å²) in [6.45, 7) is 2.84. The fourth-order valence-electron chi connectivity index (χ4n) is 2.45. The van der Waals surface area contributed by atoms with Crippen LogP contribution in [0, 0.1) is 17.7 Å². The van der Waals surface area contributed by atoms with Crippen LogP contribution in [0.25, 0.3) is 6.08 Å². The van der Waals surface area contributed by atoms with Gasteiger partial charge in [0.1, 0.15) is 5.82 Å². The first-order valence-electron chi connectivity index (χ1n) is 6.81. The molecule has 4 nitrogen and oxygen atoms in total. The van der Waals surface area contributed by atoms with Gasteiger partial charge in [-0.3, -0.25) is 9.59 Å². The lowest BCUT2D eigenvalue weighted by Gasteiger charge is -2.13. The van der Waals surface area contributed by atoms with Crippen LogP contribution >= 0.6 is 0 Å². The maximum absolute atomic E-state index is 12.8. The minimum Gasteiger partial charge on any atom is -0.469 e. The van der Waals surface area contributed by atoms with E-state index in [0.717, 1.165) is 5.56 Å². The standard InChI is InChI=1S/C16H18FNO3/c1-11-9-18(10-14(11)16(20)21-2)15(19)8-5-12-3-6-13(17)7-4-12/h3-8,11,14H,9-10H2,1-2H3/b8-5+. The average Bonchev–Trinajstić information content (AvgIpc) is 2.87. The number of carbonyl (C=O) groups is 2. The molecule has 1 aromatic rings. The molecule has 1 heterocycles. The monoisotopic (exact) mass is 291 g/mol. The van der Waals surface area contributed by atoms with Crippen LogP contribution < -0.4 is 0 Å². The molecule has 21 heavy (non-hydrogen) atoms. The first-order valence-corrected chi connectivity index (χ1v) is 6.81. The van der Waals surface area contributed by atoms with Gasteiger partial charge in [0.15, 0.2) is 0 Å². The quantitative estimate of drug-likeness (QED) is 0.633. The maximum Gasteiger partial charge on any atom is 0.310 e. The largest absolute Gasteiger partial charge is 0.469 e. The summed E-state index contributed by atoms with van der Waals surface area (Å²) in [4.78, 5) is 25.3. The summed E-state index contributed by atoms with van der Waals surface area (Å²) in [6.07, 6.45) is 3.08. The van der Waals surface area contributed by atoms with Gasteiger partial charge in [-0.15, -0.1) is 0 Å². The molecular weight excluding hydrogens is 273 g/mol. The SMILES string of the molecule is COC(=O)C1CN(C(=O)/C=C/c2ccc(F)cc2)CC1C. The summed E-state index contributed by atoms with van der Waals surface area (Å²) in [5.41, 5.74) is 0.751. The molecule has 1 aliphatic heterocycles. The highest BCUT2D eigenvalue weighted by atomic mass is 19.1. The van der Waals surface area contributed by atoms with Crippen molar-refractivity contribution in [2.45, 2.75) is 6.92 Å². The minimum atomic E-state index is -0.312. The Morgan fingerprint density at radius 3 is 2.57 bits per heavy atom. The highest BCUT2D eigenvalue weighted by Gasteiger charge is 2.36. The number of likely N-dealkylation sites (tertiary alicyclic amines) is 1. The topological polar surface area (TPSA) is 46.6 Å². The highest BCUT2D eigenvalue weighted by molar-refractivity contribution is 5.92. The molecule has 1 amide bonds. The van der Waals surface area contributed by atoms with E-state index in [9.17, 15) is 14.0 Å². The molecule has 1 aromatic carbocycles. The lowest BCUT2D eigenvalue weighted by molar-refractivity contribution is -0.146. The second-order valence-corrected chi connectivity index (χ2v) is 5.24. The first-order chi connectivity index (χ1) is 10.0. The number of methoxy groups -OCH3 is 1. The number of benzene rings is 1. The molecule has 2 atom stereocenters. The zero-order valence-electron chi connectivity index (χ0n) is 12.1. The van der Waals surface area contributed by atoms with Crippen LogP contribution in [0.4, 0.5) is 4.39 Å². The number of rotatable bonds is 3. The van der Waals surface area contributed by atoms with Crippen LogP contribution in [-0.2, 0) is 14.3 Å². The van der Waals surface area contributed by atoms with Gasteiger partial charge in [0.25, 0.3) is 0 Å². The number of hydrogen-bond acceptors (Lipinski definition) is 3. The molecule has 0 aliphatic carbocycles. The normalized spacial score (nSPS) is 21.8. The number of carbonyl (C=O) groups excluding carboxylic acids is 2. The second-order valence-electron chi connectivity index (χ2n) is 5.24. The number of ether oxygens (including phenoxy) is 1. The third kappa shape index (κ3) is 3.68. The Morgan fingerprint density at radius 2 is 1.95 bits per heavy atom. The number of nitrogens with zero attached hydrogens (tertiary/aromatic N) is 1. The molecule has 0 aromatic heterocycles. The molecule has 1 aliphatic rings. The predicted octanol–water partition coefficient (Wildman–Crippen LogP) is 2.11. The van der Waals surface area contributed by atoms with Gasteiger partial charge in [-0.2, -0.15) is 0 Å². The number of esters is 1. The Balaban J connectivity index is 1.98. The van der Waals surface area contributed by atoms with Crippen LogP contribution in [-0.4, -0.2) is 37.0 Å². The van der Waals surface area contributed by atoms with Crippen molar-refractivity contribution in [2.24, 2.45) is 11.8 Å². The molecule has 2 rings (SSSR count). The number of halogens is 1. The van der Waals surface area contributed by atoms with E-state index in [2.05, 4.69) is 0 Å². The third-order valence-electron chi connectivity index (χ3n) is 3.72. The van der Waals surface area contributed by atoms with Crippen LogP contribution in [0.15, 0.2) is 30.3 Å². The fraction of sp³-hybridized carbons (Fsp3) is 0.375. The summed E-state index contributed by atoms with van der Waals surface area (Å²) in [5, 5.41) is 0. The van der Waals surface area contributed by atoms with Gasteiger partial charge in [0.05, 0.1) is 13.0 Å². The Morgan fingerprint density at radius 1 is 1.29 bits per heavy atom. The Bertz CT molecular complexity index is 553. The van der Waals surface area contributed by atoms with Gasteiger partial charge in [-0.25, -0.2) is 4.39 Å². The van der Waals surface area contributed by atoms with Crippen molar-refractivity contribution >= 4 is 18.0 Å². The van der Waals surface area contributed by atoms with E-state index in [4.69, 9.17) is 4.74 Å². The zero-order valence-corrected chi connectivity index (χ0v) is 12.1. The molecule has 0 saturated carbocycles. The van der Waals surface area contributed by atoms with E-state index in [1.54, 1.807) is 23.1 Å². The van der Waals surface area contributed by atoms with Crippen molar-refractivity contribution in [3.8, 4) is 0 Å². The van der Waals surface area contributed by atoms with Gasteiger partial charge >= 0.3 is 5.97 Å². The van der Waals surface area contributed by atoms with Gasteiger partial charge < -0.3 is 9.64 Å². The van der Waals surface area contributed by atoms with E-state index < -0.39 is 0 Å². The Kier molecular flexibility index (Phi) is 4.73. The number of hydrogen-bond donors (Lipinski definition) is 0. The van der Waals surface area contributed by atoms with E-state index in [-0.39, 0.29) is 29.5 Å². The molecule has 0 radical (unpaired) electrons. The lowest BCUT2D eigenvalue weighted by atomic mass is 9.99. The number of amides is 1. The van der Waals surface area contributed by atoms with Crippen molar-refractivity contribution in [2.75, 3.05) is 20.2 Å². The molecule has 0 bridgehead atoms. The summed E-state index contributed by atoms with van der Waals surface area (Å²) in [5.74, 6) is -0.926. The highest BCUT2D eigenvalue weighted by Crippen LogP contribution is 2.24. The fourth-order valence-corrected chi connectivity index (χ4v) is 2.45. The van der Waals surface area contributed by atoms with Crippen molar-refractivity contribution in [3.63, 3.8) is 0 Å². The van der Waals surface area contributed by atoms with Crippen LogP contribution in [0.1, 0.15) is 12.5 Å². The average molecular weight is 291 g/mol. The zero-order chi connectivity index (χ0) is 15.4. The van der Waals surface area contributed by atoms with E-state index in [0.29, 0.717) is 13.1 Å². The Labute approximate surface area is 123 Å². The smallest absolute Gasteiger partial charge is 0.310 e. The predicted molar refractivity (Wildman–Crippen MR) is 76.7 cm³/mol. The molecule has 1 saturated heterocycles. The van der Waals surface area contributed by atoms with E-state index >= 15 is 0 Å². The second kappa shape index (κ2) is 6.52. The van der Waals surface area contributed by atoms with Crippen LogP contribution in [0.5, 0.6) is 0 Å². The summed E-state index contributed by atoms with van der Waals surface area (Å²) in [6, 6.07) is 5.89. The molecule has 1 fully saturated rings.